The van der Waals surface area contributed by atoms with Crippen molar-refractivity contribution in [3.8, 4) is 5.75 Å². The van der Waals surface area contributed by atoms with Crippen molar-refractivity contribution in [2.45, 2.75) is 30.9 Å². The van der Waals surface area contributed by atoms with E-state index in [4.69, 9.17) is 10.5 Å². The van der Waals surface area contributed by atoms with Crippen LogP contribution in [0.3, 0.4) is 0 Å². The predicted molar refractivity (Wildman–Crippen MR) is 71.1 cm³/mol. The average Bonchev–Trinajstić information content (AvgIpc) is 2.77. The highest BCUT2D eigenvalue weighted by Gasteiger charge is 2.14. The van der Waals surface area contributed by atoms with Crippen molar-refractivity contribution in [1.82, 2.24) is 0 Å². The Morgan fingerprint density at radius 2 is 2.12 bits per heavy atom. The lowest BCUT2D eigenvalue weighted by Gasteiger charge is -2.10. The van der Waals surface area contributed by atoms with Crippen LogP contribution in [0.4, 0.5) is 5.69 Å². The van der Waals surface area contributed by atoms with E-state index in [2.05, 4.69) is 11.8 Å². The Bertz CT molecular complexity index is 323. The minimum atomic E-state index is 0.765. The van der Waals surface area contributed by atoms with Crippen LogP contribution in [0, 0.1) is 0 Å². The lowest BCUT2D eigenvalue weighted by Crippen LogP contribution is -2.04. The second-order valence-electron chi connectivity index (χ2n) is 4.20. The van der Waals surface area contributed by atoms with Crippen molar-refractivity contribution in [2.75, 3.05) is 18.1 Å². The fourth-order valence-electron chi connectivity index (χ4n) is 2.03. The zero-order valence-corrected chi connectivity index (χ0v) is 10.3. The van der Waals surface area contributed by atoms with Crippen molar-refractivity contribution in [1.29, 1.82) is 0 Å². The molecule has 0 amide bonds. The zero-order valence-electron chi connectivity index (χ0n) is 9.52. The molecule has 2 rings (SSSR count). The summed E-state index contributed by atoms with van der Waals surface area (Å²) in [4.78, 5) is 0. The first-order valence-electron chi connectivity index (χ1n) is 5.94. The number of nitrogens with two attached hydrogens (primary N) is 1. The standard InChI is InChI=1S/C13H19NOS/c14-11-4-3-5-12(10-11)15-8-9-16-13-6-1-2-7-13/h3-5,10,13H,1-2,6-9,14H2. The lowest BCUT2D eigenvalue weighted by molar-refractivity contribution is 0.344. The van der Waals surface area contributed by atoms with Crippen LogP contribution in [0.2, 0.25) is 0 Å². The minimum Gasteiger partial charge on any atom is -0.493 e. The third-order valence-corrected chi connectivity index (χ3v) is 4.21. The molecular formula is C13H19NOS. The minimum absolute atomic E-state index is 0.765. The van der Waals surface area contributed by atoms with E-state index < -0.39 is 0 Å². The number of nitrogen functional groups attached to an aromatic ring is 1. The van der Waals surface area contributed by atoms with Crippen LogP contribution in [0.1, 0.15) is 25.7 Å². The summed E-state index contributed by atoms with van der Waals surface area (Å²) in [7, 11) is 0. The molecule has 1 aliphatic rings. The highest BCUT2D eigenvalue weighted by molar-refractivity contribution is 7.99. The summed E-state index contributed by atoms with van der Waals surface area (Å²) in [5.74, 6) is 1.96. The third kappa shape index (κ3) is 3.63. The molecule has 0 heterocycles. The molecule has 0 atom stereocenters. The molecule has 0 bridgehead atoms. The Hall–Kier alpha value is -0.830. The van der Waals surface area contributed by atoms with Crippen LogP contribution >= 0.6 is 11.8 Å². The molecule has 1 aliphatic carbocycles. The Morgan fingerprint density at radius 3 is 2.88 bits per heavy atom. The van der Waals surface area contributed by atoms with E-state index in [9.17, 15) is 0 Å². The molecule has 0 aromatic heterocycles. The maximum atomic E-state index is 5.68. The van der Waals surface area contributed by atoms with Crippen LogP contribution in [-0.2, 0) is 0 Å². The number of rotatable bonds is 5. The summed E-state index contributed by atoms with van der Waals surface area (Å²) in [5, 5.41) is 0.879. The smallest absolute Gasteiger partial charge is 0.121 e. The van der Waals surface area contributed by atoms with Crippen molar-refractivity contribution in [3.63, 3.8) is 0 Å². The summed E-state index contributed by atoms with van der Waals surface area (Å²) >= 11 is 2.05. The van der Waals surface area contributed by atoms with Crippen LogP contribution in [0.15, 0.2) is 24.3 Å². The van der Waals surface area contributed by atoms with Gasteiger partial charge in [0.15, 0.2) is 0 Å². The third-order valence-electron chi connectivity index (χ3n) is 2.87. The first kappa shape index (κ1) is 11.6. The molecule has 16 heavy (non-hydrogen) atoms. The van der Waals surface area contributed by atoms with Crippen LogP contribution < -0.4 is 10.5 Å². The number of anilines is 1. The van der Waals surface area contributed by atoms with Gasteiger partial charge < -0.3 is 10.5 Å². The topological polar surface area (TPSA) is 35.2 Å². The van der Waals surface area contributed by atoms with Crippen LogP contribution in [-0.4, -0.2) is 17.6 Å². The lowest BCUT2D eigenvalue weighted by atomic mass is 10.3. The van der Waals surface area contributed by atoms with Crippen molar-refractivity contribution in [3.05, 3.63) is 24.3 Å². The molecule has 88 valence electrons. The quantitative estimate of drug-likeness (QED) is 0.630. The SMILES string of the molecule is Nc1cccc(OCCSC2CCCC2)c1. The molecule has 2 nitrogen and oxygen atoms in total. The van der Waals surface area contributed by atoms with Gasteiger partial charge in [0.1, 0.15) is 5.75 Å². The summed E-state index contributed by atoms with van der Waals surface area (Å²) in [6.45, 7) is 0.782. The molecule has 3 heteroatoms. The number of hydrogen-bond donors (Lipinski definition) is 1. The van der Waals surface area contributed by atoms with Gasteiger partial charge in [-0.3, -0.25) is 0 Å². The van der Waals surface area contributed by atoms with Crippen molar-refractivity contribution >= 4 is 17.4 Å². The van der Waals surface area contributed by atoms with Gasteiger partial charge in [-0.05, 0) is 25.0 Å². The molecule has 0 aliphatic heterocycles. The van der Waals surface area contributed by atoms with E-state index in [0.717, 1.165) is 29.0 Å². The van der Waals surface area contributed by atoms with Gasteiger partial charge in [-0.25, -0.2) is 0 Å². The van der Waals surface area contributed by atoms with E-state index in [1.165, 1.54) is 25.7 Å². The molecule has 0 spiro atoms. The summed E-state index contributed by atoms with van der Waals surface area (Å²) in [6, 6.07) is 7.63. The van der Waals surface area contributed by atoms with Gasteiger partial charge >= 0.3 is 0 Å². The van der Waals surface area contributed by atoms with E-state index in [1.54, 1.807) is 0 Å². The van der Waals surface area contributed by atoms with Crippen molar-refractivity contribution < 1.29 is 4.74 Å². The van der Waals surface area contributed by atoms with Crippen molar-refractivity contribution in [2.24, 2.45) is 0 Å². The second-order valence-corrected chi connectivity index (χ2v) is 5.61. The van der Waals surface area contributed by atoms with Gasteiger partial charge in [0.05, 0.1) is 6.61 Å². The van der Waals surface area contributed by atoms with Crippen LogP contribution in [0.5, 0.6) is 5.75 Å². The van der Waals surface area contributed by atoms with Gasteiger partial charge in [-0.1, -0.05) is 18.9 Å². The van der Waals surface area contributed by atoms with E-state index in [-0.39, 0.29) is 0 Å². The second kappa shape index (κ2) is 6.04. The largest absolute Gasteiger partial charge is 0.493 e. The number of thioether (sulfide) groups is 1. The summed E-state index contributed by atoms with van der Waals surface area (Å²) in [5.41, 5.74) is 6.44. The van der Waals surface area contributed by atoms with E-state index in [0.29, 0.717) is 0 Å². The van der Waals surface area contributed by atoms with Gasteiger partial charge in [0.25, 0.3) is 0 Å². The fourth-order valence-corrected chi connectivity index (χ4v) is 3.21. The maximum Gasteiger partial charge on any atom is 0.121 e. The number of hydrogen-bond acceptors (Lipinski definition) is 3. The normalized spacial score (nSPS) is 16.5. The number of ether oxygens (including phenoxy) is 1. The molecule has 1 aromatic rings. The van der Waals surface area contributed by atoms with Gasteiger partial charge in [0.2, 0.25) is 0 Å². The van der Waals surface area contributed by atoms with E-state index >= 15 is 0 Å². The molecule has 2 N–H and O–H groups in total. The van der Waals surface area contributed by atoms with Gasteiger partial charge in [-0.2, -0.15) is 11.8 Å². The molecule has 1 aromatic carbocycles. The highest BCUT2D eigenvalue weighted by atomic mass is 32.2. The number of benzene rings is 1. The molecular weight excluding hydrogens is 218 g/mol. The van der Waals surface area contributed by atoms with Crippen LogP contribution in [0.25, 0.3) is 0 Å². The Kier molecular flexibility index (Phi) is 4.40. The maximum absolute atomic E-state index is 5.68. The average molecular weight is 237 g/mol. The first-order chi connectivity index (χ1) is 7.84. The fraction of sp³-hybridized carbons (Fsp3) is 0.538. The molecule has 0 unspecified atom stereocenters. The Balaban J connectivity index is 1.64. The Labute approximate surface area is 102 Å². The van der Waals surface area contributed by atoms with Gasteiger partial charge in [-0.15, -0.1) is 0 Å². The van der Waals surface area contributed by atoms with Gasteiger partial charge in [0, 0.05) is 22.8 Å². The highest BCUT2D eigenvalue weighted by Crippen LogP contribution is 2.29. The predicted octanol–water partition coefficient (Wildman–Crippen LogP) is 3.32. The summed E-state index contributed by atoms with van der Waals surface area (Å²) in [6.07, 6.45) is 5.60. The monoisotopic (exact) mass is 237 g/mol. The Morgan fingerprint density at radius 1 is 1.31 bits per heavy atom. The summed E-state index contributed by atoms with van der Waals surface area (Å²) < 4.78 is 5.65. The molecule has 1 saturated carbocycles. The first-order valence-corrected chi connectivity index (χ1v) is 6.99. The zero-order chi connectivity index (χ0) is 11.2. The molecule has 0 saturated heterocycles. The molecule has 0 radical (unpaired) electrons. The van der Waals surface area contributed by atoms with E-state index in [1.807, 2.05) is 24.3 Å². The molecule has 1 fully saturated rings.